The molecule has 1 aliphatic heterocycles. The monoisotopic (exact) mass is 248 g/mol. The van der Waals surface area contributed by atoms with Crippen LogP contribution in [0.3, 0.4) is 0 Å². The van der Waals surface area contributed by atoms with Crippen LogP contribution >= 0.6 is 0 Å². The van der Waals surface area contributed by atoms with Gasteiger partial charge in [-0.3, -0.25) is 4.98 Å². The molecule has 2 heterocycles. The van der Waals surface area contributed by atoms with Crippen LogP contribution in [0.1, 0.15) is 23.6 Å². The van der Waals surface area contributed by atoms with Crippen LogP contribution in [-0.2, 0) is 0 Å². The van der Waals surface area contributed by atoms with Crippen molar-refractivity contribution < 1.29 is 0 Å². The molecular formula is C14H24N4. The van der Waals surface area contributed by atoms with Gasteiger partial charge < -0.3 is 15.5 Å². The Hall–Kier alpha value is -0.970. The minimum atomic E-state index is 0.0305. The molecule has 1 saturated heterocycles. The molecule has 0 spiro atoms. The van der Waals surface area contributed by atoms with Gasteiger partial charge in [0.25, 0.3) is 0 Å². The quantitative estimate of drug-likeness (QED) is 0.849. The summed E-state index contributed by atoms with van der Waals surface area (Å²) in [7, 11) is 4.35. The molecule has 2 unspecified atom stereocenters. The van der Waals surface area contributed by atoms with E-state index >= 15 is 0 Å². The molecule has 2 rings (SSSR count). The topological polar surface area (TPSA) is 45.4 Å². The summed E-state index contributed by atoms with van der Waals surface area (Å²) in [5.74, 6) is 0. The predicted octanol–water partition coefficient (Wildman–Crippen LogP) is 1.03. The van der Waals surface area contributed by atoms with E-state index in [0.29, 0.717) is 6.04 Å². The first kappa shape index (κ1) is 13.5. The van der Waals surface area contributed by atoms with E-state index in [-0.39, 0.29) is 6.04 Å². The second-order valence-corrected chi connectivity index (χ2v) is 5.49. The van der Waals surface area contributed by atoms with Gasteiger partial charge in [-0.1, -0.05) is 6.07 Å². The van der Waals surface area contributed by atoms with Gasteiger partial charge in [0, 0.05) is 31.0 Å². The zero-order chi connectivity index (χ0) is 13.1. The largest absolute Gasteiger partial charge is 0.323 e. The summed E-state index contributed by atoms with van der Waals surface area (Å²) in [6.45, 7) is 5.35. The summed E-state index contributed by atoms with van der Waals surface area (Å²) in [5, 5.41) is 0. The lowest BCUT2D eigenvalue weighted by Crippen LogP contribution is -2.45. The number of likely N-dealkylation sites (N-methyl/N-ethyl adjacent to an activating group) is 2. The van der Waals surface area contributed by atoms with E-state index in [1.165, 1.54) is 12.0 Å². The maximum atomic E-state index is 6.45. The number of rotatable bonds is 2. The Bertz CT molecular complexity index is 393. The molecule has 0 aromatic carbocycles. The third-order valence-corrected chi connectivity index (χ3v) is 3.81. The van der Waals surface area contributed by atoms with Crippen molar-refractivity contribution >= 4 is 0 Å². The molecule has 1 aliphatic rings. The molecule has 2 atom stereocenters. The summed E-state index contributed by atoms with van der Waals surface area (Å²) in [4.78, 5) is 9.01. The number of pyridine rings is 1. The van der Waals surface area contributed by atoms with Crippen molar-refractivity contribution in [1.29, 1.82) is 0 Å². The minimum absolute atomic E-state index is 0.0305. The second kappa shape index (κ2) is 5.78. The lowest BCUT2D eigenvalue weighted by Gasteiger charge is -2.32. The van der Waals surface area contributed by atoms with Crippen LogP contribution < -0.4 is 5.73 Å². The second-order valence-electron chi connectivity index (χ2n) is 5.49. The maximum Gasteiger partial charge on any atom is 0.0480 e. The van der Waals surface area contributed by atoms with Crippen LogP contribution in [-0.4, -0.2) is 54.6 Å². The molecule has 0 bridgehead atoms. The van der Waals surface area contributed by atoms with Gasteiger partial charge in [0.2, 0.25) is 0 Å². The Morgan fingerprint density at radius 1 is 1.33 bits per heavy atom. The molecule has 0 amide bonds. The molecule has 0 radical (unpaired) electrons. The average Bonchev–Trinajstić information content (AvgIpc) is 2.50. The van der Waals surface area contributed by atoms with Gasteiger partial charge in [0.15, 0.2) is 0 Å². The molecule has 2 N–H and O–H groups in total. The molecule has 0 saturated carbocycles. The molecule has 4 nitrogen and oxygen atoms in total. The molecule has 1 aromatic heterocycles. The van der Waals surface area contributed by atoms with Crippen molar-refractivity contribution in [2.45, 2.75) is 25.4 Å². The van der Waals surface area contributed by atoms with Crippen molar-refractivity contribution in [3.63, 3.8) is 0 Å². The van der Waals surface area contributed by atoms with Crippen molar-refractivity contribution in [2.24, 2.45) is 5.73 Å². The molecule has 18 heavy (non-hydrogen) atoms. The summed E-state index contributed by atoms with van der Waals surface area (Å²) in [6.07, 6.45) is 4.98. The maximum absolute atomic E-state index is 6.45. The van der Waals surface area contributed by atoms with E-state index in [2.05, 4.69) is 41.9 Å². The number of hydrogen-bond acceptors (Lipinski definition) is 4. The van der Waals surface area contributed by atoms with Gasteiger partial charge in [0.05, 0.1) is 0 Å². The number of nitrogens with zero attached hydrogens (tertiary/aromatic N) is 3. The standard InChI is InChI=1S/C14H24N4/c1-11-7-12(9-16-8-11)14(15)13-10-17(2)5-4-6-18(13)3/h7-9,13-14H,4-6,10,15H2,1-3H3. The van der Waals surface area contributed by atoms with Gasteiger partial charge in [-0.05, 0) is 51.7 Å². The highest BCUT2D eigenvalue weighted by atomic mass is 15.2. The first-order valence-electron chi connectivity index (χ1n) is 6.64. The van der Waals surface area contributed by atoms with Gasteiger partial charge in [-0.25, -0.2) is 0 Å². The summed E-state index contributed by atoms with van der Waals surface area (Å²) < 4.78 is 0. The third kappa shape index (κ3) is 3.07. The van der Waals surface area contributed by atoms with Crippen molar-refractivity contribution in [1.82, 2.24) is 14.8 Å². The number of aryl methyl sites for hydroxylation is 1. The average molecular weight is 248 g/mol. The van der Waals surface area contributed by atoms with Crippen molar-refractivity contribution in [3.8, 4) is 0 Å². The molecular weight excluding hydrogens is 224 g/mol. The van der Waals surface area contributed by atoms with Crippen LogP contribution in [0.4, 0.5) is 0 Å². The highest BCUT2D eigenvalue weighted by Crippen LogP contribution is 2.20. The smallest absolute Gasteiger partial charge is 0.0480 e. The predicted molar refractivity (Wildman–Crippen MR) is 74.4 cm³/mol. The Morgan fingerprint density at radius 3 is 2.83 bits per heavy atom. The van der Waals surface area contributed by atoms with Crippen LogP contribution in [0, 0.1) is 6.92 Å². The highest BCUT2D eigenvalue weighted by Gasteiger charge is 2.27. The van der Waals surface area contributed by atoms with E-state index < -0.39 is 0 Å². The fourth-order valence-corrected chi connectivity index (χ4v) is 2.68. The SMILES string of the molecule is Cc1cncc(C(N)C2CN(C)CCCN2C)c1. The van der Waals surface area contributed by atoms with Gasteiger partial charge in [0.1, 0.15) is 0 Å². The van der Waals surface area contributed by atoms with Crippen LogP contribution in [0.25, 0.3) is 0 Å². The first-order valence-corrected chi connectivity index (χ1v) is 6.64. The molecule has 0 aliphatic carbocycles. The molecule has 4 heteroatoms. The zero-order valence-electron chi connectivity index (χ0n) is 11.6. The van der Waals surface area contributed by atoms with Crippen molar-refractivity contribution in [2.75, 3.05) is 33.7 Å². The third-order valence-electron chi connectivity index (χ3n) is 3.81. The van der Waals surface area contributed by atoms with E-state index in [1.54, 1.807) is 0 Å². The summed E-state index contributed by atoms with van der Waals surface area (Å²) in [5.41, 5.74) is 8.77. The highest BCUT2D eigenvalue weighted by molar-refractivity contribution is 5.21. The summed E-state index contributed by atoms with van der Waals surface area (Å²) in [6, 6.07) is 2.54. The van der Waals surface area contributed by atoms with E-state index in [0.717, 1.165) is 25.2 Å². The molecule has 1 aromatic rings. The number of nitrogens with two attached hydrogens (primary N) is 1. The summed E-state index contributed by atoms with van der Waals surface area (Å²) >= 11 is 0. The van der Waals surface area contributed by atoms with Gasteiger partial charge >= 0.3 is 0 Å². The normalized spacial score (nSPS) is 24.8. The molecule has 100 valence electrons. The molecule has 1 fully saturated rings. The van der Waals surface area contributed by atoms with Gasteiger partial charge in [-0.15, -0.1) is 0 Å². The van der Waals surface area contributed by atoms with Crippen LogP contribution in [0.15, 0.2) is 18.5 Å². The van der Waals surface area contributed by atoms with E-state index in [4.69, 9.17) is 5.73 Å². The lowest BCUT2D eigenvalue weighted by molar-refractivity contribution is 0.196. The van der Waals surface area contributed by atoms with Crippen LogP contribution in [0.5, 0.6) is 0 Å². The Morgan fingerprint density at radius 2 is 2.11 bits per heavy atom. The number of hydrogen-bond donors (Lipinski definition) is 1. The minimum Gasteiger partial charge on any atom is -0.323 e. The Balaban J connectivity index is 2.17. The zero-order valence-corrected chi connectivity index (χ0v) is 11.6. The van der Waals surface area contributed by atoms with Gasteiger partial charge in [-0.2, -0.15) is 0 Å². The van der Waals surface area contributed by atoms with E-state index in [9.17, 15) is 0 Å². The fraction of sp³-hybridized carbons (Fsp3) is 0.643. The Kier molecular flexibility index (Phi) is 4.32. The van der Waals surface area contributed by atoms with E-state index in [1.807, 2.05) is 12.4 Å². The lowest BCUT2D eigenvalue weighted by atomic mass is 9.99. The fourth-order valence-electron chi connectivity index (χ4n) is 2.68. The number of aromatic nitrogens is 1. The van der Waals surface area contributed by atoms with Crippen molar-refractivity contribution in [3.05, 3.63) is 29.6 Å². The first-order chi connectivity index (χ1) is 8.58. The Labute approximate surface area is 110 Å². The van der Waals surface area contributed by atoms with Crippen LogP contribution in [0.2, 0.25) is 0 Å².